The molecule has 50 heavy (non-hydrogen) atoms. The Hall–Kier alpha value is -4.67. The summed E-state index contributed by atoms with van der Waals surface area (Å²) in [6.45, 7) is 8.18. The van der Waals surface area contributed by atoms with Crippen molar-refractivity contribution in [2.24, 2.45) is 0 Å². The quantitative estimate of drug-likeness (QED) is 0.128. The molecule has 0 aliphatic rings. The minimum absolute atomic E-state index is 0. The van der Waals surface area contributed by atoms with Gasteiger partial charge in [0.25, 0.3) is 0 Å². The minimum atomic E-state index is -2.62. The standard InChI is InChI=1S/C28H18NO.C17H22NSi.Ir/c1-18-14-26(29-17-25(18)19-8-3-2-4-9-19)23-13-7-12-22-24-15-20-10-5-6-11-21(20)16-27(24)30-28(22)23;1-13(2)15-11-16(14-9-7-6-8-10-14)18-12-17(15)19(3,4)5;/h2-12,14-17H,1H3;6-9,11-13H,1-5H3;/q2*-1;/i1D3,14D,17D;13D;. The molecule has 0 aliphatic carbocycles. The number of rotatable bonds is 5. The number of benzene rings is 5. The van der Waals surface area contributed by atoms with E-state index in [0.717, 1.165) is 38.4 Å². The third-order valence-corrected chi connectivity index (χ3v) is 10.6. The molecule has 8 aromatic rings. The van der Waals surface area contributed by atoms with Crippen LogP contribution in [0.5, 0.6) is 0 Å². The van der Waals surface area contributed by atoms with Crippen LogP contribution in [0.3, 0.4) is 0 Å². The summed E-state index contributed by atoms with van der Waals surface area (Å²) in [6, 6.07) is 40.4. The monoisotopic (exact) mass is 851 g/mol. The second-order valence-electron chi connectivity index (χ2n) is 13.3. The molecule has 0 aliphatic heterocycles. The van der Waals surface area contributed by atoms with Crippen LogP contribution in [0.15, 0.2) is 132 Å². The van der Waals surface area contributed by atoms with Crippen LogP contribution in [0.1, 0.15) is 39.1 Å². The molecule has 0 amide bonds. The van der Waals surface area contributed by atoms with E-state index in [9.17, 15) is 0 Å². The Morgan fingerprint density at radius 3 is 2.24 bits per heavy atom. The first kappa shape index (κ1) is 28.1. The van der Waals surface area contributed by atoms with Gasteiger partial charge >= 0.3 is 0 Å². The molecule has 0 N–H and O–H groups in total. The van der Waals surface area contributed by atoms with Crippen LogP contribution in [-0.2, 0) is 20.1 Å². The fourth-order valence-corrected chi connectivity index (χ4v) is 7.66. The van der Waals surface area contributed by atoms with Gasteiger partial charge in [-0.25, -0.2) is 0 Å². The molecule has 8 rings (SSSR count). The maximum absolute atomic E-state index is 8.89. The Kier molecular flexibility index (Phi) is 8.23. The van der Waals surface area contributed by atoms with Crippen LogP contribution in [0.2, 0.25) is 19.6 Å². The molecular formula is C45H40IrN2OSi-2. The van der Waals surface area contributed by atoms with E-state index in [4.69, 9.17) is 12.6 Å². The van der Waals surface area contributed by atoms with Crippen molar-refractivity contribution in [2.45, 2.75) is 46.2 Å². The first-order valence-electron chi connectivity index (χ1n) is 19.3. The largest absolute Gasteiger partial charge is 0.501 e. The van der Waals surface area contributed by atoms with E-state index in [0.29, 0.717) is 22.3 Å². The number of hydrogen-bond donors (Lipinski definition) is 0. The van der Waals surface area contributed by atoms with Crippen molar-refractivity contribution in [3.63, 3.8) is 0 Å². The number of nitrogens with zero attached hydrogens (tertiary/aromatic N) is 2. The SMILES string of the molecule is [2H]C(C)(C)c1cc(-c2[c-]cccc2)ncc1[Si](C)(C)C.[2H]c1nc(-c2[c-]ccc3c2oc2cc4ccccc4cc23)c([2H])c(C([2H])([2H])[2H])c1-c1ccccc1.[Ir]. The van der Waals surface area contributed by atoms with Gasteiger partial charge in [0.05, 0.1) is 16.4 Å². The number of furan rings is 1. The molecule has 5 aromatic carbocycles. The Morgan fingerprint density at radius 1 is 0.800 bits per heavy atom. The summed E-state index contributed by atoms with van der Waals surface area (Å²) in [6.07, 6.45) is 1.77. The fraction of sp³-hybridized carbons (Fsp3) is 0.156. The van der Waals surface area contributed by atoms with Crippen LogP contribution >= 0.6 is 0 Å². The van der Waals surface area contributed by atoms with Crippen molar-refractivity contribution in [2.75, 3.05) is 0 Å². The van der Waals surface area contributed by atoms with Gasteiger partial charge in [-0.3, -0.25) is 0 Å². The van der Waals surface area contributed by atoms with Crippen molar-refractivity contribution in [3.8, 4) is 33.6 Å². The minimum Gasteiger partial charge on any atom is -0.501 e. The summed E-state index contributed by atoms with van der Waals surface area (Å²) in [5, 5.41) is 5.10. The molecule has 0 atom stereocenters. The smallest absolute Gasteiger partial charge is 0.121 e. The first-order chi connectivity index (χ1) is 26.0. The Morgan fingerprint density at radius 2 is 1.54 bits per heavy atom. The molecule has 251 valence electrons. The molecule has 5 heteroatoms. The zero-order valence-corrected chi connectivity index (χ0v) is 32.0. The first-order valence-corrected chi connectivity index (χ1v) is 19.8. The molecule has 0 fully saturated rings. The second kappa shape index (κ2) is 14.7. The Labute approximate surface area is 318 Å². The van der Waals surface area contributed by atoms with Gasteiger partial charge in [-0.05, 0) is 63.4 Å². The van der Waals surface area contributed by atoms with E-state index in [1.54, 1.807) is 30.3 Å². The zero-order valence-electron chi connectivity index (χ0n) is 34.6. The maximum atomic E-state index is 8.89. The van der Waals surface area contributed by atoms with Crippen molar-refractivity contribution >= 4 is 46.0 Å². The molecule has 0 saturated carbocycles. The fourth-order valence-electron chi connectivity index (χ4n) is 6.08. The normalized spacial score (nSPS) is 13.6. The van der Waals surface area contributed by atoms with E-state index in [2.05, 4.69) is 53.9 Å². The van der Waals surface area contributed by atoms with Crippen molar-refractivity contribution < 1.29 is 32.7 Å². The van der Waals surface area contributed by atoms with Gasteiger partial charge in [0.2, 0.25) is 0 Å². The van der Waals surface area contributed by atoms with Crippen LogP contribution in [0.25, 0.3) is 66.4 Å². The number of hydrogen-bond acceptors (Lipinski definition) is 3. The van der Waals surface area contributed by atoms with E-state index < -0.39 is 20.8 Å². The molecule has 0 bridgehead atoms. The van der Waals surface area contributed by atoms with Gasteiger partial charge in [0, 0.05) is 48.9 Å². The van der Waals surface area contributed by atoms with Gasteiger partial charge in [-0.1, -0.05) is 117 Å². The molecule has 0 spiro atoms. The maximum Gasteiger partial charge on any atom is 0.121 e. The summed E-state index contributed by atoms with van der Waals surface area (Å²) < 4.78 is 56.7. The molecule has 0 saturated heterocycles. The number of aromatic nitrogens is 2. The molecule has 3 aromatic heterocycles. The topological polar surface area (TPSA) is 38.9 Å². The predicted octanol–water partition coefficient (Wildman–Crippen LogP) is 11.8. The van der Waals surface area contributed by atoms with Crippen LogP contribution in [0.4, 0.5) is 0 Å². The van der Waals surface area contributed by atoms with Gasteiger partial charge < -0.3 is 14.4 Å². The second-order valence-corrected chi connectivity index (χ2v) is 18.4. The van der Waals surface area contributed by atoms with Gasteiger partial charge in [-0.15, -0.1) is 54.1 Å². The van der Waals surface area contributed by atoms with Crippen molar-refractivity contribution in [3.05, 3.63) is 151 Å². The van der Waals surface area contributed by atoms with Crippen LogP contribution < -0.4 is 5.19 Å². The predicted molar refractivity (Wildman–Crippen MR) is 209 cm³/mol. The molecular weight excluding hydrogens is 805 g/mol. The molecule has 1 radical (unpaired) electrons. The molecule has 3 nitrogen and oxygen atoms in total. The average Bonchev–Trinajstić information content (AvgIpc) is 3.51. The van der Waals surface area contributed by atoms with Crippen LogP contribution in [-0.4, -0.2) is 18.0 Å². The molecule has 3 heterocycles. The van der Waals surface area contributed by atoms with Gasteiger partial charge in [-0.2, -0.15) is 0 Å². The third-order valence-electron chi connectivity index (χ3n) is 8.61. The zero-order chi connectivity index (χ0) is 39.3. The van der Waals surface area contributed by atoms with Gasteiger partial charge in [0.15, 0.2) is 0 Å². The van der Waals surface area contributed by atoms with E-state index in [1.807, 2.05) is 86.8 Å². The number of pyridine rings is 2. The number of fused-ring (bicyclic) bond motifs is 4. The van der Waals surface area contributed by atoms with E-state index in [1.165, 1.54) is 5.19 Å². The molecule has 0 unspecified atom stereocenters. The van der Waals surface area contributed by atoms with Gasteiger partial charge in [0.1, 0.15) is 5.58 Å². The van der Waals surface area contributed by atoms with E-state index in [-0.39, 0.29) is 49.1 Å². The van der Waals surface area contributed by atoms with E-state index >= 15 is 0 Å². The Balaban J connectivity index is 0.000000217. The van der Waals surface area contributed by atoms with Crippen molar-refractivity contribution in [1.82, 2.24) is 9.97 Å². The summed E-state index contributed by atoms with van der Waals surface area (Å²) in [4.78, 5) is 9.02. The summed E-state index contributed by atoms with van der Waals surface area (Å²) in [5.41, 5.74) is 5.03. The third kappa shape index (κ3) is 7.13. The van der Waals surface area contributed by atoms with Crippen molar-refractivity contribution in [1.29, 1.82) is 0 Å². The Bertz CT molecular complexity index is 2690. The summed E-state index contributed by atoms with van der Waals surface area (Å²) >= 11 is 0. The summed E-state index contributed by atoms with van der Waals surface area (Å²) in [7, 11) is -1.50. The van der Waals surface area contributed by atoms with Crippen LogP contribution in [0, 0.1) is 19.0 Å². The summed E-state index contributed by atoms with van der Waals surface area (Å²) in [5.74, 6) is -0.609. The average molecular weight is 851 g/mol.